The lowest BCUT2D eigenvalue weighted by Crippen LogP contribution is -2.45. The lowest BCUT2D eigenvalue weighted by molar-refractivity contribution is -0.150. The number of carbonyl (C=O) groups excluding carboxylic acids is 3. The largest absolute Gasteiger partial charge is 0.459 e. The Labute approximate surface area is 176 Å². The lowest BCUT2D eigenvalue weighted by Gasteiger charge is -2.27. The third-order valence-electron chi connectivity index (χ3n) is 4.89. The van der Waals surface area contributed by atoms with E-state index in [0.29, 0.717) is 12.8 Å². The van der Waals surface area contributed by atoms with Gasteiger partial charge in [-0.15, -0.1) is 0 Å². The molecule has 2 atom stereocenters. The molecule has 6 heteroatoms. The average Bonchev–Trinajstić information content (AvgIpc) is 3.20. The minimum atomic E-state index is -0.751. The first kappa shape index (κ1) is 21.3. The Morgan fingerprint density at radius 2 is 1.47 bits per heavy atom. The van der Waals surface area contributed by atoms with E-state index in [4.69, 9.17) is 9.47 Å². The summed E-state index contributed by atoms with van der Waals surface area (Å²) in [6.45, 7) is 1.68. The highest BCUT2D eigenvalue weighted by molar-refractivity contribution is 5.87. The molecule has 0 unspecified atom stereocenters. The number of hydrogen-bond acceptors (Lipinski definition) is 5. The standard InChI is InChI=1S/C24H25NO5/c1-18(26)12-13-21-14-15-22(23(27)29-16-19-8-4-2-5-9-19)25(21)24(28)30-17-20-10-6-3-7-11-20/h2-13,21-22H,14-17H2,1H3/b13-12+/t21-,22+/m1/s1. The number of ether oxygens (including phenoxy) is 2. The second kappa shape index (κ2) is 10.4. The molecule has 0 aromatic heterocycles. The zero-order valence-electron chi connectivity index (χ0n) is 16.9. The molecule has 0 saturated carbocycles. The minimum Gasteiger partial charge on any atom is -0.459 e. The van der Waals surface area contributed by atoms with Gasteiger partial charge in [0.25, 0.3) is 0 Å². The number of rotatable bonds is 7. The summed E-state index contributed by atoms with van der Waals surface area (Å²) in [5.41, 5.74) is 1.72. The van der Waals surface area contributed by atoms with Crippen LogP contribution in [0.1, 0.15) is 30.9 Å². The SMILES string of the molecule is CC(=O)/C=C/[C@@H]1CC[C@@H](C(=O)OCc2ccccc2)N1C(=O)OCc1ccccc1. The highest BCUT2D eigenvalue weighted by Gasteiger charge is 2.41. The zero-order chi connectivity index (χ0) is 21.3. The Morgan fingerprint density at radius 3 is 2.03 bits per heavy atom. The van der Waals surface area contributed by atoms with Gasteiger partial charge in [-0.25, -0.2) is 9.59 Å². The fraction of sp³-hybridized carbons (Fsp3) is 0.292. The van der Waals surface area contributed by atoms with Gasteiger partial charge in [0.15, 0.2) is 5.78 Å². The highest BCUT2D eigenvalue weighted by atomic mass is 16.6. The van der Waals surface area contributed by atoms with Crippen molar-refractivity contribution in [1.82, 2.24) is 4.90 Å². The van der Waals surface area contributed by atoms with Crippen LogP contribution in [0.5, 0.6) is 0 Å². The van der Waals surface area contributed by atoms with E-state index in [-0.39, 0.29) is 19.0 Å². The fourth-order valence-electron chi connectivity index (χ4n) is 3.39. The second-order valence-electron chi connectivity index (χ2n) is 7.17. The van der Waals surface area contributed by atoms with Gasteiger partial charge in [0.2, 0.25) is 0 Å². The van der Waals surface area contributed by atoms with Crippen LogP contribution < -0.4 is 0 Å². The van der Waals surface area contributed by atoms with E-state index in [1.54, 1.807) is 6.08 Å². The fourth-order valence-corrected chi connectivity index (χ4v) is 3.39. The van der Waals surface area contributed by atoms with Crippen molar-refractivity contribution in [2.45, 2.75) is 45.1 Å². The van der Waals surface area contributed by atoms with Crippen molar-refractivity contribution in [3.05, 3.63) is 83.9 Å². The van der Waals surface area contributed by atoms with Crippen molar-refractivity contribution in [2.75, 3.05) is 0 Å². The number of carbonyl (C=O) groups is 3. The van der Waals surface area contributed by atoms with Gasteiger partial charge >= 0.3 is 12.1 Å². The Bertz CT molecular complexity index is 894. The smallest absolute Gasteiger partial charge is 0.411 e. The van der Waals surface area contributed by atoms with Crippen LogP contribution in [0.4, 0.5) is 4.79 Å². The van der Waals surface area contributed by atoms with Crippen LogP contribution in [0, 0.1) is 0 Å². The topological polar surface area (TPSA) is 72.9 Å². The molecule has 1 amide bonds. The van der Waals surface area contributed by atoms with E-state index in [1.807, 2.05) is 60.7 Å². The number of amides is 1. The molecule has 2 aromatic carbocycles. The predicted octanol–water partition coefficient (Wildman–Crippen LogP) is 4.04. The van der Waals surface area contributed by atoms with Gasteiger partial charge in [-0.3, -0.25) is 9.69 Å². The quantitative estimate of drug-likeness (QED) is 0.512. The summed E-state index contributed by atoms with van der Waals surface area (Å²) < 4.78 is 10.9. The second-order valence-corrected chi connectivity index (χ2v) is 7.17. The van der Waals surface area contributed by atoms with Crippen molar-refractivity contribution in [3.8, 4) is 0 Å². The van der Waals surface area contributed by atoms with Crippen LogP contribution in [-0.4, -0.2) is 34.8 Å². The van der Waals surface area contributed by atoms with E-state index < -0.39 is 24.1 Å². The lowest BCUT2D eigenvalue weighted by atomic mass is 10.2. The Hall–Kier alpha value is -3.41. The Balaban J connectivity index is 1.69. The molecule has 6 nitrogen and oxygen atoms in total. The molecular formula is C24H25NO5. The maximum Gasteiger partial charge on any atom is 0.411 e. The zero-order valence-corrected chi connectivity index (χ0v) is 16.9. The molecule has 0 radical (unpaired) electrons. The molecule has 1 saturated heterocycles. The van der Waals surface area contributed by atoms with Crippen molar-refractivity contribution in [2.24, 2.45) is 0 Å². The van der Waals surface area contributed by atoms with Gasteiger partial charge in [-0.1, -0.05) is 66.7 Å². The summed E-state index contributed by atoms with van der Waals surface area (Å²) in [6, 6.07) is 17.5. The Kier molecular flexibility index (Phi) is 7.38. The van der Waals surface area contributed by atoms with Gasteiger partial charge in [0, 0.05) is 0 Å². The molecule has 1 heterocycles. The molecule has 1 aliphatic rings. The highest BCUT2D eigenvalue weighted by Crippen LogP contribution is 2.27. The van der Waals surface area contributed by atoms with Crippen molar-refractivity contribution in [1.29, 1.82) is 0 Å². The van der Waals surface area contributed by atoms with Gasteiger partial charge in [-0.2, -0.15) is 0 Å². The van der Waals surface area contributed by atoms with Gasteiger partial charge in [0.1, 0.15) is 19.3 Å². The van der Waals surface area contributed by atoms with Crippen LogP contribution in [0.15, 0.2) is 72.8 Å². The third kappa shape index (κ3) is 5.80. The van der Waals surface area contributed by atoms with E-state index >= 15 is 0 Å². The minimum absolute atomic E-state index is 0.102. The summed E-state index contributed by atoms with van der Waals surface area (Å²) in [7, 11) is 0. The van der Waals surface area contributed by atoms with Crippen LogP contribution >= 0.6 is 0 Å². The molecule has 1 fully saturated rings. The number of allylic oxidation sites excluding steroid dienone is 1. The van der Waals surface area contributed by atoms with Gasteiger partial charge in [-0.05, 0) is 37.0 Å². The van der Waals surface area contributed by atoms with E-state index in [0.717, 1.165) is 11.1 Å². The molecule has 0 spiro atoms. The summed E-state index contributed by atoms with van der Waals surface area (Å²) in [5, 5.41) is 0. The monoisotopic (exact) mass is 407 g/mol. The molecule has 0 aliphatic carbocycles. The van der Waals surface area contributed by atoms with Crippen molar-refractivity contribution in [3.63, 3.8) is 0 Å². The summed E-state index contributed by atoms with van der Waals surface area (Å²) in [6.07, 6.45) is 3.46. The number of nitrogens with zero attached hydrogens (tertiary/aromatic N) is 1. The summed E-state index contributed by atoms with van der Waals surface area (Å²) in [4.78, 5) is 38.3. The van der Waals surface area contributed by atoms with E-state index in [2.05, 4.69) is 0 Å². The number of esters is 1. The Morgan fingerprint density at radius 1 is 0.900 bits per heavy atom. The molecule has 0 N–H and O–H groups in total. The van der Waals surface area contributed by atoms with Crippen LogP contribution in [0.2, 0.25) is 0 Å². The predicted molar refractivity (Wildman–Crippen MR) is 111 cm³/mol. The number of ketones is 1. The molecular weight excluding hydrogens is 382 g/mol. The molecule has 2 aromatic rings. The normalized spacial score (nSPS) is 18.4. The van der Waals surface area contributed by atoms with Gasteiger partial charge < -0.3 is 9.47 Å². The number of hydrogen-bond donors (Lipinski definition) is 0. The summed E-state index contributed by atoms with van der Waals surface area (Å²) in [5.74, 6) is -0.600. The number of benzene rings is 2. The first-order valence-electron chi connectivity index (χ1n) is 9.93. The molecule has 156 valence electrons. The van der Waals surface area contributed by atoms with E-state index in [9.17, 15) is 14.4 Å². The average molecular weight is 407 g/mol. The van der Waals surface area contributed by atoms with Crippen LogP contribution in [0.25, 0.3) is 0 Å². The van der Waals surface area contributed by atoms with Gasteiger partial charge in [0.05, 0.1) is 6.04 Å². The summed E-state index contributed by atoms with van der Waals surface area (Å²) >= 11 is 0. The third-order valence-corrected chi connectivity index (χ3v) is 4.89. The van der Waals surface area contributed by atoms with Crippen molar-refractivity contribution < 1.29 is 23.9 Å². The molecule has 1 aliphatic heterocycles. The molecule has 3 rings (SSSR count). The van der Waals surface area contributed by atoms with Crippen LogP contribution in [0.3, 0.4) is 0 Å². The molecule has 30 heavy (non-hydrogen) atoms. The van der Waals surface area contributed by atoms with Crippen LogP contribution in [-0.2, 0) is 32.3 Å². The van der Waals surface area contributed by atoms with E-state index in [1.165, 1.54) is 17.9 Å². The van der Waals surface area contributed by atoms with Crippen molar-refractivity contribution >= 4 is 17.8 Å². The maximum atomic E-state index is 12.8. The first-order valence-corrected chi connectivity index (χ1v) is 9.93. The maximum absolute atomic E-state index is 12.8. The first-order chi connectivity index (χ1) is 14.5. The number of likely N-dealkylation sites (tertiary alicyclic amines) is 1. The molecule has 0 bridgehead atoms.